The number of nitrogens with one attached hydrogen (secondary N) is 1. The minimum absolute atomic E-state index is 0.764. The predicted octanol–water partition coefficient (Wildman–Crippen LogP) is 3.98. The average molecular weight is 211 g/mol. The summed E-state index contributed by atoms with van der Waals surface area (Å²) in [5.41, 5.74) is 0. The summed E-state index contributed by atoms with van der Waals surface area (Å²) < 4.78 is 0. The Morgan fingerprint density at radius 1 is 1.27 bits per heavy atom. The third-order valence-corrected chi connectivity index (χ3v) is 4.19. The molecule has 0 saturated heterocycles. The van der Waals surface area contributed by atoms with Crippen LogP contribution in [0.3, 0.4) is 0 Å². The molecule has 0 bridgehead atoms. The molecule has 0 radical (unpaired) electrons. The number of rotatable bonds is 7. The van der Waals surface area contributed by atoms with Crippen molar-refractivity contribution in [2.24, 2.45) is 11.8 Å². The SMILES string of the molecule is CCC(C)CC(CCC1CCCC1)NC. The highest BCUT2D eigenvalue weighted by atomic mass is 14.9. The fourth-order valence-electron chi connectivity index (χ4n) is 2.77. The summed E-state index contributed by atoms with van der Waals surface area (Å²) in [7, 11) is 2.13. The van der Waals surface area contributed by atoms with E-state index in [0.29, 0.717) is 0 Å². The van der Waals surface area contributed by atoms with Crippen molar-refractivity contribution < 1.29 is 0 Å². The predicted molar refractivity (Wildman–Crippen MR) is 68.1 cm³/mol. The van der Waals surface area contributed by atoms with Gasteiger partial charge in [-0.3, -0.25) is 0 Å². The van der Waals surface area contributed by atoms with Gasteiger partial charge in [0.15, 0.2) is 0 Å². The van der Waals surface area contributed by atoms with E-state index in [1.54, 1.807) is 0 Å². The molecular formula is C14H29N. The molecule has 2 atom stereocenters. The molecule has 0 aromatic heterocycles. The molecule has 0 aromatic rings. The Labute approximate surface area is 96.0 Å². The highest BCUT2D eigenvalue weighted by Gasteiger charge is 2.17. The van der Waals surface area contributed by atoms with E-state index in [2.05, 4.69) is 26.2 Å². The second kappa shape index (κ2) is 7.27. The minimum Gasteiger partial charge on any atom is -0.317 e. The van der Waals surface area contributed by atoms with E-state index in [1.165, 1.54) is 51.4 Å². The number of hydrogen-bond donors (Lipinski definition) is 1. The molecule has 1 rings (SSSR count). The topological polar surface area (TPSA) is 12.0 Å². The Kier molecular flexibility index (Phi) is 6.31. The van der Waals surface area contributed by atoms with Crippen molar-refractivity contribution in [2.75, 3.05) is 7.05 Å². The van der Waals surface area contributed by atoms with Crippen molar-refractivity contribution in [3.63, 3.8) is 0 Å². The van der Waals surface area contributed by atoms with Crippen LogP contribution in [-0.2, 0) is 0 Å². The van der Waals surface area contributed by atoms with E-state index < -0.39 is 0 Å². The monoisotopic (exact) mass is 211 g/mol. The normalized spacial score (nSPS) is 21.8. The largest absolute Gasteiger partial charge is 0.317 e. The average Bonchev–Trinajstić information content (AvgIpc) is 2.76. The van der Waals surface area contributed by atoms with E-state index in [-0.39, 0.29) is 0 Å². The highest BCUT2D eigenvalue weighted by molar-refractivity contribution is 4.73. The van der Waals surface area contributed by atoms with Crippen molar-refractivity contribution in [1.29, 1.82) is 0 Å². The molecule has 1 N–H and O–H groups in total. The van der Waals surface area contributed by atoms with Gasteiger partial charge in [-0.15, -0.1) is 0 Å². The van der Waals surface area contributed by atoms with Crippen LogP contribution in [-0.4, -0.2) is 13.1 Å². The van der Waals surface area contributed by atoms with E-state index in [0.717, 1.165) is 17.9 Å². The summed E-state index contributed by atoms with van der Waals surface area (Å²) in [6, 6.07) is 0.764. The van der Waals surface area contributed by atoms with E-state index in [4.69, 9.17) is 0 Å². The summed E-state index contributed by atoms with van der Waals surface area (Å²) in [6.45, 7) is 4.67. The summed E-state index contributed by atoms with van der Waals surface area (Å²) in [5.74, 6) is 1.93. The Bertz CT molecular complexity index is 149. The first-order valence-electron chi connectivity index (χ1n) is 6.93. The standard InChI is InChI=1S/C14H29N/c1-4-12(2)11-14(15-3)10-9-13-7-5-6-8-13/h12-15H,4-11H2,1-3H3. The lowest BCUT2D eigenvalue weighted by Crippen LogP contribution is -2.27. The van der Waals surface area contributed by atoms with Gasteiger partial charge in [0.1, 0.15) is 0 Å². The molecule has 1 fully saturated rings. The molecule has 1 heteroatoms. The second-order valence-electron chi connectivity index (χ2n) is 5.46. The van der Waals surface area contributed by atoms with Crippen molar-refractivity contribution in [3.05, 3.63) is 0 Å². The van der Waals surface area contributed by atoms with Gasteiger partial charge in [-0.25, -0.2) is 0 Å². The lowest BCUT2D eigenvalue weighted by Gasteiger charge is -2.21. The zero-order valence-corrected chi connectivity index (χ0v) is 10.9. The lowest BCUT2D eigenvalue weighted by molar-refractivity contribution is 0.359. The fraction of sp³-hybridized carbons (Fsp3) is 1.00. The van der Waals surface area contributed by atoms with Crippen molar-refractivity contribution in [3.8, 4) is 0 Å². The van der Waals surface area contributed by atoms with Gasteiger partial charge < -0.3 is 5.32 Å². The molecule has 0 aromatic carbocycles. The van der Waals surface area contributed by atoms with Gasteiger partial charge in [0.05, 0.1) is 0 Å². The summed E-state index contributed by atoms with van der Waals surface area (Å²) >= 11 is 0. The van der Waals surface area contributed by atoms with Gasteiger partial charge >= 0.3 is 0 Å². The molecule has 0 spiro atoms. The third kappa shape index (κ3) is 5.01. The molecule has 2 unspecified atom stereocenters. The van der Waals surface area contributed by atoms with Crippen LogP contribution < -0.4 is 5.32 Å². The molecule has 0 amide bonds. The Hall–Kier alpha value is -0.0400. The zero-order chi connectivity index (χ0) is 11.1. The highest BCUT2D eigenvalue weighted by Crippen LogP contribution is 2.29. The first kappa shape index (κ1) is 13.0. The molecule has 0 heterocycles. The smallest absolute Gasteiger partial charge is 0.00667 e. The van der Waals surface area contributed by atoms with Crippen molar-refractivity contribution in [2.45, 2.75) is 71.3 Å². The van der Waals surface area contributed by atoms with Gasteiger partial charge in [0.25, 0.3) is 0 Å². The van der Waals surface area contributed by atoms with Crippen LogP contribution in [0.1, 0.15) is 65.2 Å². The second-order valence-corrected chi connectivity index (χ2v) is 5.46. The molecule has 0 aliphatic heterocycles. The van der Waals surface area contributed by atoms with Crippen LogP contribution in [0.5, 0.6) is 0 Å². The summed E-state index contributed by atoms with van der Waals surface area (Å²) in [6.07, 6.45) is 11.5. The van der Waals surface area contributed by atoms with E-state index in [9.17, 15) is 0 Å². The van der Waals surface area contributed by atoms with E-state index in [1.807, 2.05) is 0 Å². The van der Waals surface area contributed by atoms with Crippen LogP contribution in [0.2, 0.25) is 0 Å². The summed E-state index contributed by atoms with van der Waals surface area (Å²) in [5, 5.41) is 3.49. The van der Waals surface area contributed by atoms with Gasteiger partial charge in [0, 0.05) is 6.04 Å². The first-order valence-corrected chi connectivity index (χ1v) is 6.93. The maximum absolute atomic E-state index is 3.49. The van der Waals surface area contributed by atoms with Crippen molar-refractivity contribution in [1.82, 2.24) is 5.32 Å². The maximum atomic E-state index is 3.49. The van der Waals surface area contributed by atoms with Gasteiger partial charge in [-0.05, 0) is 38.1 Å². The zero-order valence-electron chi connectivity index (χ0n) is 10.9. The molecule has 15 heavy (non-hydrogen) atoms. The van der Waals surface area contributed by atoms with Crippen LogP contribution >= 0.6 is 0 Å². The van der Waals surface area contributed by atoms with Gasteiger partial charge in [-0.2, -0.15) is 0 Å². The quantitative estimate of drug-likeness (QED) is 0.671. The van der Waals surface area contributed by atoms with Crippen LogP contribution in [0, 0.1) is 11.8 Å². The molecule has 1 aliphatic carbocycles. The molecule has 1 aliphatic rings. The molecule has 1 saturated carbocycles. The van der Waals surface area contributed by atoms with Gasteiger partial charge in [0.2, 0.25) is 0 Å². The molecular weight excluding hydrogens is 182 g/mol. The Balaban J connectivity index is 2.14. The van der Waals surface area contributed by atoms with Crippen LogP contribution in [0.25, 0.3) is 0 Å². The maximum Gasteiger partial charge on any atom is 0.00667 e. The minimum atomic E-state index is 0.764. The van der Waals surface area contributed by atoms with Gasteiger partial charge in [-0.1, -0.05) is 46.0 Å². The fourth-order valence-corrected chi connectivity index (χ4v) is 2.77. The molecule has 90 valence electrons. The third-order valence-electron chi connectivity index (χ3n) is 4.19. The van der Waals surface area contributed by atoms with Crippen molar-refractivity contribution >= 4 is 0 Å². The Morgan fingerprint density at radius 3 is 2.47 bits per heavy atom. The van der Waals surface area contributed by atoms with Crippen LogP contribution in [0.4, 0.5) is 0 Å². The first-order chi connectivity index (χ1) is 7.26. The Morgan fingerprint density at radius 2 is 1.93 bits per heavy atom. The van der Waals surface area contributed by atoms with E-state index >= 15 is 0 Å². The number of hydrogen-bond acceptors (Lipinski definition) is 1. The molecule has 1 nitrogen and oxygen atoms in total. The van der Waals surface area contributed by atoms with Crippen LogP contribution in [0.15, 0.2) is 0 Å². The summed E-state index contributed by atoms with van der Waals surface area (Å²) in [4.78, 5) is 0. The lowest BCUT2D eigenvalue weighted by atomic mass is 9.92.